The standard InChI is InChI=1S/C18H13NO4/c20-18(12-6-8-14(9-7-12)19(21)22)23-16-10-13-5-4-11-2-1-3-15(16)17(11)13/h1-3,6-10,16H,4-5H2. The Labute approximate surface area is 132 Å². The molecule has 23 heavy (non-hydrogen) atoms. The maximum absolute atomic E-state index is 12.3. The zero-order valence-electron chi connectivity index (χ0n) is 12.2. The van der Waals surface area contributed by atoms with Crippen molar-refractivity contribution in [2.45, 2.75) is 18.9 Å². The number of benzene rings is 2. The first kappa shape index (κ1) is 13.7. The zero-order chi connectivity index (χ0) is 16.0. The molecule has 2 aliphatic carbocycles. The number of nitro groups is 1. The Balaban J connectivity index is 1.57. The summed E-state index contributed by atoms with van der Waals surface area (Å²) in [6.45, 7) is 0. The monoisotopic (exact) mass is 307 g/mol. The number of carbonyl (C=O) groups excluding carboxylic acids is 1. The van der Waals surface area contributed by atoms with E-state index < -0.39 is 10.9 Å². The highest BCUT2D eigenvalue weighted by molar-refractivity contribution is 5.90. The van der Waals surface area contributed by atoms with Crippen molar-refractivity contribution in [2.24, 2.45) is 0 Å². The number of allylic oxidation sites excluding steroid dienone is 1. The SMILES string of the molecule is O=C(OC1C=C2CCc3cccc1c32)c1ccc([N+](=O)[O-])cc1. The van der Waals surface area contributed by atoms with Crippen LogP contribution in [-0.2, 0) is 11.2 Å². The van der Waals surface area contributed by atoms with Crippen molar-refractivity contribution in [3.05, 3.63) is 80.9 Å². The number of ether oxygens (including phenoxy) is 1. The molecule has 0 fully saturated rings. The van der Waals surface area contributed by atoms with Crippen LogP contribution in [0.4, 0.5) is 5.69 Å². The molecule has 0 aromatic heterocycles. The second-order valence-electron chi connectivity index (χ2n) is 5.70. The molecule has 2 aromatic carbocycles. The number of nitro benzene ring substituents is 1. The lowest BCUT2D eigenvalue weighted by molar-refractivity contribution is -0.384. The van der Waals surface area contributed by atoms with Gasteiger partial charge in [-0.3, -0.25) is 10.1 Å². The van der Waals surface area contributed by atoms with E-state index in [0.717, 1.165) is 18.4 Å². The van der Waals surface area contributed by atoms with Gasteiger partial charge in [0, 0.05) is 17.7 Å². The minimum Gasteiger partial charge on any atom is -0.450 e. The summed E-state index contributed by atoms with van der Waals surface area (Å²) in [5.74, 6) is -0.473. The van der Waals surface area contributed by atoms with Gasteiger partial charge in [0.25, 0.3) is 5.69 Å². The third-order valence-corrected chi connectivity index (χ3v) is 4.37. The van der Waals surface area contributed by atoms with E-state index in [1.165, 1.54) is 41.0 Å². The highest BCUT2D eigenvalue weighted by Gasteiger charge is 2.31. The van der Waals surface area contributed by atoms with Gasteiger partial charge in [0.15, 0.2) is 0 Å². The normalized spacial score (nSPS) is 17.6. The molecule has 1 atom stereocenters. The van der Waals surface area contributed by atoms with E-state index in [-0.39, 0.29) is 11.8 Å². The molecule has 2 aliphatic rings. The van der Waals surface area contributed by atoms with Gasteiger partial charge in [-0.15, -0.1) is 0 Å². The quantitative estimate of drug-likeness (QED) is 0.491. The van der Waals surface area contributed by atoms with Crippen LogP contribution >= 0.6 is 0 Å². The van der Waals surface area contributed by atoms with Crippen LogP contribution in [0.2, 0.25) is 0 Å². The molecule has 0 N–H and O–H groups in total. The molecular formula is C18H13NO4. The maximum Gasteiger partial charge on any atom is 0.339 e. The van der Waals surface area contributed by atoms with Crippen molar-refractivity contribution < 1.29 is 14.5 Å². The van der Waals surface area contributed by atoms with Gasteiger partial charge in [-0.05, 0) is 47.8 Å². The van der Waals surface area contributed by atoms with Crippen LogP contribution in [0.25, 0.3) is 5.57 Å². The number of esters is 1. The predicted molar refractivity (Wildman–Crippen MR) is 84.0 cm³/mol. The fourth-order valence-electron chi connectivity index (χ4n) is 3.29. The van der Waals surface area contributed by atoms with Crippen molar-refractivity contribution in [3.8, 4) is 0 Å². The minimum absolute atomic E-state index is 0.0472. The summed E-state index contributed by atoms with van der Waals surface area (Å²) in [4.78, 5) is 22.4. The molecule has 0 spiro atoms. The van der Waals surface area contributed by atoms with E-state index >= 15 is 0 Å². The summed E-state index contributed by atoms with van der Waals surface area (Å²) in [7, 11) is 0. The average Bonchev–Trinajstić information content (AvgIpc) is 3.13. The molecule has 0 aliphatic heterocycles. The van der Waals surface area contributed by atoms with Gasteiger partial charge < -0.3 is 4.74 Å². The van der Waals surface area contributed by atoms with E-state index in [0.29, 0.717) is 5.56 Å². The van der Waals surface area contributed by atoms with Crippen molar-refractivity contribution in [3.63, 3.8) is 0 Å². The molecule has 4 rings (SSSR count). The number of hydrogen-bond donors (Lipinski definition) is 0. The number of carbonyl (C=O) groups is 1. The molecule has 0 heterocycles. The van der Waals surface area contributed by atoms with Crippen molar-refractivity contribution in [1.82, 2.24) is 0 Å². The van der Waals surface area contributed by atoms with Crippen LogP contribution in [0.15, 0.2) is 48.5 Å². The van der Waals surface area contributed by atoms with Crippen molar-refractivity contribution in [2.75, 3.05) is 0 Å². The molecular weight excluding hydrogens is 294 g/mol. The molecule has 0 bridgehead atoms. The van der Waals surface area contributed by atoms with Gasteiger partial charge in [-0.1, -0.05) is 18.2 Å². The van der Waals surface area contributed by atoms with Crippen LogP contribution in [0.5, 0.6) is 0 Å². The molecule has 5 nitrogen and oxygen atoms in total. The topological polar surface area (TPSA) is 69.4 Å². The molecule has 114 valence electrons. The lowest BCUT2D eigenvalue weighted by Crippen LogP contribution is -2.09. The van der Waals surface area contributed by atoms with E-state index in [4.69, 9.17) is 4.74 Å². The first-order valence-electron chi connectivity index (χ1n) is 7.42. The summed E-state index contributed by atoms with van der Waals surface area (Å²) >= 11 is 0. The second kappa shape index (κ2) is 5.05. The highest BCUT2D eigenvalue weighted by Crippen LogP contribution is 2.45. The van der Waals surface area contributed by atoms with Crippen LogP contribution in [0.1, 0.15) is 39.6 Å². The summed E-state index contributed by atoms with van der Waals surface area (Å²) in [6, 6.07) is 11.5. The number of nitrogens with zero attached hydrogens (tertiary/aromatic N) is 1. The third-order valence-electron chi connectivity index (χ3n) is 4.37. The Bertz CT molecular complexity index is 852. The summed E-state index contributed by atoms with van der Waals surface area (Å²) in [5, 5.41) is 10.7. The average molecular weight is 307 g/mol. The van der Waals surface area contributed by atoms with Crippen LogP contribution < -0.4 is 0 Å². The largest absolute Gasteiger partial charge is 0.450 e. The van der Waals surface area contributed by atoms with Gasteiger partial charge >= 0.3 is 5.97 Å². The summed E-state index contributed by atoms with van der Waals surface area (Å²) in [6.07, 6.45) is 3.66. The molecule has 2 aromatic rings. The van der Waals surface area contributed by atoms with Crippen molar-refractivity contribution in [1.29, 1.82) is 0 Å². The van der Waals surface area contributed by atoms with Crippen LogP contribution in [0, 0.1) is 10.1 Å². The Morgan fingerprint density at radius 1 is 1.13 bits per heavy atom. The van der Waals surface area contributed by atoms with Gasteiger partial charge in [-0.2, -0.15) is 0 Å². The van der Waals surface area contributed by atoms with Crippen LogP contribution in [-0.4, -0.2) is 10.9 Å². The Hall–Kier alpha value is -2.95. The Morgan fingerprint density at radius 2 is 1.91 bits per heavy atom. The minimum atomic E-state index is -0.495. The zero-order valence-corrected chi connectivity index (χ0v) is 12.2. The van der Waals surface area contributed by atoms with Crippen molar-refractivity contribution >= 4 is 17.2 Å². The predicted octanol–water partition coefficient (Wildman–Crippen LogP) is 3.84. The lowest BCUT2D eigenvalue weighted by atomic mass is 10.0. The van der Waals surface area contributed by atoms with E-state index in [1.54, 1.807) is 0 Å². The smallest absolute Gasteiger partial charge is 0.339 e. The number of non-ortho nitro benzene ring substituents is 1. The Kier molecular flexibility index (Phi) is 3.01. The third kappa shape index (κ3) is 2.21. The molecule has 5 heteroatoms. The van der Waals surface area contributed by atoms with E-state index in [2.05, 4.69) is 6.07 Å². The fraction of sp³-hybridized carbons (Fsp3) is 0.167. The van der Waals surface area contributed by atoms with Gasteiger partial charge in [0.05, 0.1) is 10.5 Å². The van der Waals surface area contributed by atoms with Gasteiger partial charge in [0.1, 0.15) is 6.10 Å². The number of aryl methyl sites for hydroxylation is 1. The fourth-order valence-corrected chi connectivity index (χ4v) is 3.29. The molecule has 0 saturated carbocycles. The Morgan fingerprint density at radius 3 is 2.65 bits per heavy atom. The van der Waals surface area contributed by atoms with Gasteiger partial charge in [0.2, 0.25) is 0 Å². The van der Waals surface area contributed by atoms with Gasteiger partial charge in [-0.25, -0.2) is 4.79 Å². The first-order valence-corrected chi connectivity index (χ1v) is 7.42. The number of rotatable bonds is 3. The number of hydrogen-bond acceptors (Lipinski definition) is 4. The molecule has 1 unspecified atom stereocenters. The van der Waals surface area contributed by atoms with Crippen LogP contribution in [0.3, 0.4) is 0 Å². The second-order valence-corrected chi connectivity index (χ2v) is 5.70. The molecule has 0 amide bonds. The van der Waals surface area contributed by atoms with E-state index in [9.17, 15) is 14.9 Å². The molecule has 0 radical (unpaired) electrons. The van der Waals surface area contributed by atoms with E-state index in [1.807, 2.05) is 18.2 Å². The lowest BCUT2D eigenvalue weighted by Gasteiger charge is -2.13. The summed E-state index contributed by atoms with van der Waals surface area (Å²) in [5.41, 5.74) is 5.08. The molecule has 0 saturated heterocycles. The highest BCUT2D eigenvalue weighted by atomic mass is 16.6. The maximum atomic E-state index is 12.3. The first-order chi connectivity index (χ1) is 11.1. The summed E-state index contributed by atoms with van der Waals surface area (Å²) < 4.78 is 5.60.